The minimum atomic E-state index is 0.193. The molecule has 2 heterocycles. The summed E-state index contributed by atoms with van der Waals surface area (Å²) in [5.41, 5.74) is 4.37. The van der Waals surface area contributed by atoms with Crippen LogP contribution in [0.4, 0.5) is 0 Å². The van der Waals surface area contributed by atoms with Gasteiger partial charge >= 0.3 is 0 Å². The van der Waals surface area contributed by atoms with Crippen LogP contribution in [0.2, 0.25) is 0 Å². The molecule has 0 bridgehead atoms. The lowest BCUT2D eigenvalue weighted by Crippen LogP contribution is -2.24. The third kappa shape index (κ3) is 3.12. The highest BCUT2D eigenvalue weighted by Gasteiger charge is 2.28. The molecule has 0 saturated carbocycles. The van der Waals surface area contributed by atoms with Crippen molar-refractivity contribution in [1.29, 1.82) is 0 Å². The smallest absolute Gasteiger partial charge is 0.0207 e. The van der Waals surface area contributed by atoms with E-state index in [4.69, 9.17) is 0 Å². The van der Waals surface area contributed by atoms with Gasteiger partial charge in [0.25, 0.3) is 0 Å². The van der Waals surface area contributed by atoms with Crippen LogP contribution in [0.1, 0.15) is 57.5 Å². The number of hydrogen-bond acceptors (Lipinski definition) is 0. The minimum Gasteiger partial charge on any atom is -0.365 e. The van der Waals surface area contributed by atoms with Gasteiger partial charge in [-0.1, -0.05) is 27.7 Å². The lowest BCUT2D eigenvalue weighted by Gasteiger charge is -2.30. The highest BCUT2D eigenvalue weighted by Crippen LogP contribution is 2.35. The van der Waals surface area contributed by atoms with Crippen LogP contribution in [0.25, 0.3) is 0 Å². The molecular formula is C17H26N2. The number of aromatic nitrogens is 2. The van der Waals surface area contributed by atoms with E-state index in [1.54, 1.807) is 0 Å². The summed E-state index contributed by atoms with van der Waals surface area (Å²) in [5.74, 6) is 0. The van der Waals surface area contributed by atoms with Crippen molar-refractivity contribution >= 4 is 0 Å². The zero-order valence-electron chi connectivity index (χ0n) is 12.8. The third-order valence-electron chi connectivity index (χ3n) is 4.26. The molecule has 0 saturated heterocycles. The average molecular weight is 258 g/mol. The van der Waals surface area contributed by atoms with Gasteiger partial charge in [-0.2, -0.15) is 0 Å². The van der Waals surface area contributed by atoms with Crippen molar-refractivity contribution < 1.29 is 0 Å². The van der Waals surface area contributed by atoms with Gasteiger partial charge in [-0.15, -0.1) is 0 Å². The molecule has 0 amide bonds. The summed E-state index contributed by atoms with van der Waals surface area (Å²) >= 11 is 0. The fraction of sp³-hybridized carbons (Fsp3) is 0.529. The van der Waals surface area contributed by atoms with Crippen LogP contribution in [0, 0.1) is 6.92 Å². The quantitative estimate of drug-likeness (QED) is 0.780. The van der Waals surface area contributed by atoms with Crippen molar-refractivity contribution in [1.82, 2.24) is 9.97 Å². The Morgan fingerprint density at radius 1 is 0.947 bits per heavy atom. The number of aryl methyl sites for hydroxylation is 1. The first-order valence-corrected chi connectivity index (χ1v) is 7.11. The van der Waals surface area contributed by atoms with Gasteiger partial charge in [0.05, 0.1) is 0 Å². The van der Waals surface area contributed by atoms with Gasteiger partial charge in [0.15, 0.2) is 0 Å². The van der Waals surface area contributed by atoms with Crippen molar-refractivity contribution in [3.05, 3.63) is 47.5 Å². The van der Waals surface area contributed by atoms with E-state index < -0.39 is 0 Å². The molecule has 0 fully saturated rings. The molecule has 2 N–H and O–H groups in total. The van der Waals surface area contributed by atoms with E-state index >= 15 is 0 Å². The van der Waals surface area contributed by atoms with E-state index in [2.05, 4.69) is 69.0 Å². The van der Waals surface area contributed by atoms with Gasteiger partial charge < -0.3 is 9.97 Å². The molecule has 2 aromatic rings. The fourth-order valence-electron chi connectivity index (χ4n) is 2.54. The molecule has 19 heavy (non-hydrogen) atoms. The highest BCUT2D eigenvalue weighted by molar-refractivity contribution is 5.22. The van der Waals surface area contributed by atoms with E-state index in [1.165, 1.54) is 29.8 Å². The monoisotopic (exact) mass is 258 g/mol. The van der Waals surface area contributed by atoms with Crippen LogP contribution in [-0.4, -0.2) is 9.97 Å². The van der Waals surface area contributed by atoms with E-state index in [0.717, 1.165) is 0 Å². The standard InChI is InChI=1S/C17H26N2/c1-13-11-15(19-12-13)17(4,5)9-8-16(2,3)14-7-6-10-18-14/h6-7,10-12,18-19H,8-9H2,1-5H3. The van der Waals surface area contributed by atoms with Gasteiger partial charge in [-0.3, -0.25) is 0 Å². The zero-order valence-corrected chi connectivity index (χ0v) is 12.8. The third-order valence-corrected chi connectivity index (χ3v) is 4.26. The van der Waals surface area contributed by atoms with Crippen LogP contribution in [-0.2, 0) is 10.8 Å². The maximum Gasteiger partial charge on any atom is 0.0207 e. The largest absolute Gasteiger partial charge is 0.365 e. The topological polar surface area (TPSA) is 31.6 Å². The second-order valence-corrected chi connectivity index (χ2v) is 6.94. The molecule has 0 aliphatic carbocycles. The Morgan fingerprint density at radius 2 is 1.58 bits per heavy atom. The molecule has 2 nitrogen and oxygen atoms in total. The van der Waals surface area contributed by atoms with Gasteiger partial charge in [-0.25, -0.2) is 0 Å². The number of aromatic amines is 2. The lowest BCUT2D eigenvalue weighted by atomic mass is 9.76. The van der Waals surface area contributed by atoms with Crippen molar-refractivity contribution in [2.24, 2.45) is 0 Å². The molecular weight excluding hydrogens is 232 g/mol. The number of rotatable bonds is 5. The van der Waals surface area contributed by atoms with E-state index in [0.29, 0.717) is 0 Å². The Bertz CT molecular complexity index is 515. The second kappa shape index (κ2) is 4.92. The number of hydrogen-bond donors (Lipinski definition) is 2. The number of nitrogens with one attached hydrogen (secondary N) is 2. The Morgan fingerprint density at radius 3 is 2.05 bits per heavy atom. The van der Waals surface area contributed by atoms with E-state index in [-0.39, 0.29) is 10.8 Å². The van der Waals surface area contributed by atoms with Gasteiger partial charge in [0.2, 0.25) is 0 Å². The summed E-state index contributed by atoms with van der Waals surface area (Å²) in [5, 5.41) is 0. The van der Waals surface area contributed by atoms with Crippen LogP contribution in [0.15, 0.2) is 30.6 Å². The van der Waals surface area contributed by atoms with Crippen molar-refractivity contribution in [2.75, 3.05) is 0 Å². The Balaban J connectivity index is 2.05. The predicted molar refractivity (Wildman–Crippen MR) is 81.6 cm³/mol. The minimum absolute atomic E-state index is 0.193. The van der Waals surface area contributed by atoms with Crippen LogP contribution >= 0.6 is 0 Å². The van der Waals surface area contributed by atoms with Crippen molar-refractivity contribution in [2.45, 2.75) is 58.3 Å². The van der Waals surface area contributed by atoms with E-state index in [9.17, 15) is 0 Å². The average Bonchev–Trinajstić information content (AvgIpc) is 2.97. The molecule has 0 radical (unpaired) electrons. The zero-order chi connectivity index (χ0) is 14.1. The summed E-state index contributed by atoms with van der Waals surface area (Å²) in [6.45, 7) is 11.4. The molecule has 0 unspecified atom stereocenters. The van der Waals surface area contributed by atoms with E-state index in [1.807, 2.05) is 6.20 Å². The Kier molecular flexibility index (Phi) is 3.62. The van der Waals surface area contributed by atoms with Crippen LogP contribution < -0.4 is 0 Å². The fourth-order valence-corrected chi connectivity index (χ4v) is 2.54. The lowest BCUT2D eigenvalue weighted by molar-refractivity contribution is 0.365. The first-order chi connectivity index (χ1) is 8.81. The van der Waals surface area contributed by atoms with Gasteiger partial charge in [-0.05, 0) is 43.5 Å². The molecule has 0 atom stereocenters. The summed E-state index contributed by atoms with van der Waals surface area (Å²) in [4.78, 5) is 6.76. The molecule has 104 valence electrons. The van der Waals surface area contributed by atoms with Crippen LogP contribution in [0.3, 0.4) is 0 Å². The molecule has 2 heteroatoms. The summed E-state index contributed by atoms with van der Waals surface area (Å²) in [6.07, 6.45) is 6.43. The molecule has 0 aliphatic heterocycles. The van der Waals surface area contributed by atoms with Crippen LogP contribution in [0.5, 0.6) is 0 Å². The van der Waals surface area contributed by atoms with Crippen molar-refractivity contribution in [3.8, 4) is 0 Å². The maximum atomic E-state index is 3.41. The first kappa shape index (κ1) is 14.0. The molecule has 0 aromatic carbocycles. The predicted octanol–water partition coefficient (Wildman–Crippen LogP) is 4.69. The van der Waals surface area contributed by atoms with Gasteiger partial charge in [0, 0.05) is 34.6 Å². The first-order valence-electron chi connectivity index (χ1n) is 7.11. The summed E-state index contributed by atoms with van der Waals surface area (Å²) in [7, 11) is 0. The maximum absolute atomic E-state index is 3.41. The second-order valence-electron chi connectivity index (χ2n) is 6.94. The Labute approximate surface area is 116 Å². The highest BCUT2D eigenvalue weighted by atomic mass is 14.7. The summed E-state index contributed by atoms with van der Waals surface area (Å²) in [6, 6.07) is 6.53. The summed E-state index contributed by atoms with van der Waals surface area (Å²) < 4.78 is 0. The molecule has 2 rings (SSSR count). The molecule has 0 spiro atoms. The molecule has 0 aliphatic rings. The van der Waals surface area contributed by atoms with Crippen molar-refractivity contribution in [3.63, 3.8) is 0 Å². The number of H-pyrrole nitrogens is 2. The normalized spacial score (nSPS) is 12.9. The Hall–Kier alpha value is -1.44. The van der Waals surface area contributed by atoms with Gasteiger partial charge in [0.1, 0.15) is 0 Å². The molecule has 2 aromatic heterocycles. The SMILES string of the molecule is Cc1c[nH]c(C(C)(C)CCC(C)(C)c2ccc[nH]2)c1.